The largest absolute Gasteiger partial charge is 0.370 e. The van der Waals surface area contributed by atoms with Gasteiger partial charge in [0.1, 0.15) is 6.04 Å². The van der Waals surface area contributed by atoms with Gasteiger partial charge in [-0.15, -0.1) is 0 Å². The van der Waals surface area contributed by atoms with Crippen LogP contribution in [-0.4, -0.2) is 63.3 Å². The molecule has 0 saturated carbocycles. The molecule has 0 aliphatic carbocycles. The number of unbranched alkanes of at least 4 members (excludes halogenated alkanes) is 1. The number of guanidine groups is 1. The van der Waals surface area contributed by atoms with E-state index in [-0.39, 0.29) is 22.7 Å². The van der Waals surface area contributed by atoms with Crippen molar-refractivity contribution in [1.82, 2.24) is 14.9 Å². The van der Waals surface area contributed by atoms with Gasteiger partial charge in [0, 0.05) is 19.6 Å². The van der Waals surface area contributed by atoms with Gasteiger partial charge >= 0.3 is 0 Å². The molecule has 1 heterocycles. The van der Waals surface area contributed by atoms with Crippen molar-refractivity contribution in [2.24, 2.45) is 22.4 Å². The maximum atomic E-state index is 13.0. The predicted octanol–water partition coefficient (Wildman–Crippen LogP) is 0.915. The number of hydrogen-bond acceptors (Lipinski definition) is 5. The molecular formula is C24H34N6O4S. The fourth-order valence-electron chi connectivity index (χ4n) is 4.15. The third-order valence-electron chi connectivity index (χ3n) is 6.06. The molecule has 0 spiro atoms. The number of nitrogens with one attached hydrogen (secondary N) is 2. The third kappa shape index (κ3) is 7.40. The molecule has 10 nitrogen and oxygen atoms in total. The van der Waals surface area contributed by atoms with Gasteiger partial charge in [0.2, 0.25) is 21.8 Å². The maximum Gasteiger partial charge on any atom is 0.242 e. The molecular weight excluding hydrogens is 468 g/mol. The van der Waals surface area contributed by atoms with Crippen molar-refractivity contribution in [3.05, 3.63) is 42.5 Å². The molecule has 1 saturated heterocycles. The number of likely N-dealkylation sites (tertiary alicyclic amines) is 1. The number of nitrogens with zero attached hydrogens (tertiary/aromatic N) is 2. The molecule has 35 heavy (non-hydrogen) atoms. The zero-order valence-electron chi connectivity index (χ0n) is 19.9. The molecule has 3 rings (SSSR count). The van der Waals surface area contributed by atoms with Gasteiger partial charge in [-0.2, -0.15) is 0 Å². The quantitative estimate of drug-likeness (QED) is 0.215. The summed E-state index contributed by atoms with van der Waals surface area (Å²) >= 11 is 0. The summed E-state index contributed by atoms with van der Waals surface area (Å²) in [7, 11) is -3.89. The zero-order chi connectivity index (χ0) is 25.4. The number of benzene rings is 2. The molecule has 1 aliphatic heterocycles. The molecule has 2 amide bonds. The molecule has 0 unspecified atom stereocenters. The van der Waals surface area contributed by atoms with E-state index in [1.807, 2.05) is 31.2 Å². The Morgan fingerprint density at radius 1 is 1.09 bits per heavy atom. The molecule has 0 aromatic heterocycles. The average Bonchev–Trinajstić information content (AvgIpc) is 2.84. The van der Waals surface area contributed by atoms with Crippen molar-refractivity contribution >= 4 is 38.6 Å². The molecule has 2 atom stereocenters. The van der Waals surface area contributed by atoms with Crippen LogP contribution >= 0.6 is 0 Å². The monoisotopic (exact) mass is 502 g/mol. The van der Waals surface area contributed by atoms with E-state index in [9.17, 15) is 18.0 Å². The average molecular weight is 503 g/mol. The second-order valence-electron chi connectivity index (χ2n) is 8.88. The first-order valence-electron chi connectivity index (χ1n) is 11.8. The molecule has 1 fully saturated rings. The Balaban J connectivity index is 1.58. The van der Waals surface area contributed by atoms with Crippen LogP contribution in [0.3, 0.4) is 0 Å². The minimum absolute atomic E-state index is 0.0377. The lowest BCUT2D eigenvalue weighted by Crippen LogP contribution is -2.55. The van der Waals surface area contributed by atoms with Gasteiger partial charge in [-0.3, -0.25) is 14.6 Å². The van der Waals surface area contributed by atoms with E-state index in [2.05, 4.69) is 15.0 Å². The van der Waals surface area contributed by atoms with Crippen LogP contribution in [0, 0.1) is 5.92 Å². The second-order valence-corrected chi connectivity index (χ2v) is 10.6. The summed E-state index contributed by atoms with van der Waals surface area (Å²) in [6, 6.07) is 11.6. The van der Waals surface area contributed by atoms with Crippen molar-refractivity contribution in [2.75, 3.05) is 26.2 Å². The summed E-state index contributed by atoms with van der Waals surface area (Å²) in [5.41, 5.74) is 10.6. The Morgan fingerprint density at radius 2 is 1.83 bits per heavy atom. The van der Waals surface area contributed by atoms with Crippen LogP contribution in [-0.2, 0) is 19.6 Å². The summed E-state index contributed by atoms with van der Waals surface area (Å²) in [6.45, 7) is 2.93. The van der Waals surface area contributed by atoms with Gasteiger partial charge in [0.05, 0.1) is 11.4 Å². The Labute approximate surface area is 206 Å². The first kappa shape index (κ1) is 26.4. The van der Waals surface area contributed by atoms with Crippen LogP contribution < -0.4 is 21.5 Å². The van der Waals surface area contributed by atoms with Crippen LogP contribution in [0.2, 0.25) is 0 Å². The van der Waals surface area contributed by atoms with Crippen LogP contribution in [0.1, 0.15) is 32.6 Å². The van der Waals surface area contributed by atoms with E-state index < -0.39 is 28.5 Å². The van der Waals surface area contributed by atoms with Crippen LogP contribution in [0.5, 0.6) is 0 Å². The van der Waals surface area contributed by atoms with Crippen molar-refractivity contribution in [1.29, 1.82) is 0 Å². The molecule has 1 aliphatic rings. The van der Waals surface area contributed by atoms with E-state index in [1.54, 1.807) is 12.1 Å². The third-order valence-corrected chi connectivity index (χ3v) is 7.46. The minimum atomic E-state index is -3.89. The normalized spacial score (nSPS) is 18.3. The highest BCUT2D eigenvalue weighted by Crippen LogP contribution is 2.23. The number of carbonyl (C=O) groups excluding carboxylic acids is 2. The van der Waals surface area contributed by atoms with Crippen LogP contribution in [0.4, 0.5) is 0 Å². The zero-order valence-corrected chi connectivity index (χ0v) is 20.8. The summed E-state index contributed by atoms with van der Waals surface area (Å²) < 4.78 is 28.1. The summed E-state index contributed by atoms with van der Waals surface area (Å²) in [5.74, 6) is -0.395. The topological polar surface area (TPSA) is 160 Å². The second kappa shape index (κ2) is 12.0. The fourth-order valence-corrected chi connectivity index (χ4v) is 5.16. The first-order valence-corrected chi connectivity index (χ1v) is 13.3. The number of nitrogens with two attached hydrogens (primary N) is 2. The number of hydrogen-bond donors (Lipinski definition) is 4. The van der Waals surface area contributed by atoms with Gasteiger partial charge in [-0.25, -0.2) is 13.1 Å². The summed E-state index contributed by atoms with van der Waals surface area (Å²) in [5, 5.41) is 4.59. The highest BCUT2D eigenvalue weighted by Gasteiger charge is 2.34. The molecule has 2 aromatic carbocycles. The molecule has 190 valence electrons. The maximum absolute atomic E-state index is 13.0. The molecule has 6 N–H and O–H groups in total. The lowest BCUT2D eigenvalue weighted by atomic mass is 9.93. The van der Waals surface area contributed by atoms with Crippen molar-refractivity contribution < 1.29 is 18.0 Å². The van der Waals surface area contributed by atoms with Gasteiger partial charge in [-0.1, -0.05) is 37.3 Å². The van der Waals surface area contributed by atoms with Gasteiger partial charge < -0.3 is 21.7 Å². The lowest BCUT2D eigenvalue weighted by molar-refractivity contribution is -0.142. The summed E-state index contributed by atoms with van der Waals surface area (Å²) in [4.78, 5) is 31.3. The van der Waals surface area contributed by atoms with E-state index in [4.69, 9.17) is 11.5 Å². The fraction of sp³-hybridized carbons (Fsp3) is 0.458. The first-order chi connectivity index (χ1) is 16.7. The van der Waals surface area contributed by atoms with Crippen LogP contribution in [0.25, 0.3) is 10.8 Å². The Bertz CT molecular complexity index is 1180. The number of aliphatic imine (C=N–C) groups is 1. The number of sulfonamides is 1. The number of amides is 2. The number of fused-ring (bicyclic) bond motifs is 1. The highest BCUT2D eigenvalue weighted by molar-refractivity contribution is 7.89. The van der Waals surface area contributed by atoms with Gasteiger partial charge in [-0.05, 0) is 54.5 Å². The van der Waals surface area contributed by atoms with Crippen molar-refractivity contribution in [2.45, 2.75) is 43.5 Å². The molecule has 0 bridgehead atoms. The predicted molar refractivity (Wildman–Crippen MR) is 136 cm³/mol. The molecule has 11 heteroatoms. The van der Waals surface area contributed by atoms with E-state index >= 15 is 0 Å². The molecule has 2 aromatic rings. The number of rotatable bonds is 10. The standard InChI is InChI=1S/C24H34N6O4S/c1-17-8-11-21(23(32)27-12-4-5-13-28-24(25)26)30(16-17)22(31)15-29-35(33,34)20-10-9-18-6-2-3-7-19(18)14-20/h2-3,6-7,9-10,14,17,21,29H,4-5,8,11-13,15-16H2,1H3,(H,27,32)(H4,25,26,28)/t17-,21+/m0/s1. The van der Waals surface area contributed by atoms with Crippen molar-refractivity contribution in [3.63, 3.8) is 0 Å². The molecule has 0 radical (unpaired) electrons. The highest BCUT2D eigenvalue weighted by atomic mass is 32.2. The summed E-state index contributed by atoms with van der Waals surface area (Å²) in [6.07, 6.45) is 2.77. The van der Waals surface area contributed by atoms with Gasteiger partial charge in [0.25, 0.3) is 0 Å². The van der Waals surface area contributed by atoms with Gasteiger partial charge in [0.15, 0.2) is 5.96 Å². The minimum Gasteiger partial charge on any atom is -0.370 e. The Kier molecular flexibility index (Phi) is 9.05. The van der Waals surface area contributed by atoms with E-state index in [0.29, 0.717) is 32.5 Å². The smallest absolute Gasteiger partial charge is 0.242 e. The lowest BCUT2D eigenvalue weighted by Gasteiger charge is -2.37. The number of carbonyl (C=O) groups is 2. The van der Waals surface area contributed by atoms with E-state index in [0.717, 1.165) is 23.6 Å². The SMILES string of the molecule is C[C@H]1CC[C@H](C(=O)NCCCCN=C(N)N)N(C(=O)CNS(=O)(=O)c2ccc3ccccc3c2)C1. The van der Waals surface area contributed by atoms with Crippen LogP contribution in [0.15, 0.2) is 52.4 Å². The van der Waals surface area contributed by atoms with E-state index in [1.165, 1.54) is 11.0 Å². The Hall–Kier alpha value is -3.18. The Morgan fingerprint density at radius 3 is 2.57 bits per heavy atom. The van der Waals surface area contributed by atoms with Crippen molar-refractivity contribution in [3.8, 4) is 0 Å². The number of piperidine rings is 1.